The number of hydrogen-bond acceptors (Lipinski definition) is 4. The summed E-state index contributed by atoms with van der Waals surface area (Å²) in [4.78, 5) is 0. The van der Waals surface area contributed by atoms with E-state index >= 15 is 0 Å². The average molecular weight is 273 g/mol. The fourth-order valence-corrected chi connectivity index (χ4v) is 2.09. The molecule has 2 aromatic rings. The van der Waals surface area contributed by atoms with Crippen molar-refractivity contribution in [1.29, 1.82) is 0 Å². The minimum absolute atomic E-state index is 0.303. The maximum atomic E-state index is 9.71. The quantitative estimate of drug-likeness (QED) is 0.849. The van der Waals surface area contributed by atoms with Crippen LogP contribution < -0.4 is 14.8 Å². The Morgan fingerprint density at radius 1 is 0.900 bits per heavy atom. The first-order valence-electron chi connectivity index (χ1n) is 6.43. The number of ether oxygens (including phenoxy) is 2. The summed E-state index contributed by atoms with van der Waals surface area (Å²) in [6.45, 7) is 1.22. The molecule has 20 heavy (non-hydrogen) atoms. The van der Waals surface area contributed by atoms with E-state index < -0.39 is 0 Å². The lowest BCUT2D eigenvalue weighted by molar-refractivity contribution is 0.350. The zero-order valence-electron chi connectivity index (χ0n) is 11.7. The van der Waals surface area contributed by atoms with Crippen molar-refractivity contribution in [2.24, 2.45) is 0 Å². The minimum atomic E-state index is 0.303. The molecule has 0 bridgehead atoms. The van der Waals surface area contributed by atoms with E-state index in [2.05, 4.69) is 5.32 Å². The summed E-state index contributed by atoms with van der Waals surface area (Å²) >= 11 is 0. The molecule has 0 spiro atoms. The summed E-state index contributed by atoms with van der Waals surface area (Å²) in [7, 11) is 3.25. The molecular weight excluding hydrogens is 254 g/mol. The van der Waals surface area contributed by atoms with Crippen LogP contribution in [0.4, 0.5) is 0 Å². The number of methoxy groups -OCH3 is 2. The number of phenols is 1. The molecule has 0 atom stereocenters. The number of phenolic OH excluding ortho intramolecular Hbond substituents is 1. The molecule has 2 aromatic carbocycles. The molecule has 106 valence electrons. The third-order valence-electron chi connectivity index (χ3n) is 3.11. The molecule has 0 radical (unpaired) electrons. The lowest BCUT2D eigenvalue weighted by atomic mass is 10.1. The monoisotopic (exact) mass is 273 g/mol. The Bertz CT molecular complexity index is 569. The third kappa shape index (κ3) is 3.22. The number of para-hydroxylation sites is 2. The summed E-state index contributed by atoms with van der Waals surface area (Å²) in [6, 6.07) is 13.1. The van der Waals surface area contributed by atoms with Crippen LogP contribution in [-0.2, 0) is 13.1 Å². The van der Waals surface area contributed by atoms with Crippen LogP contribution in [0.5, 0.6) is 17.2 Å². The van der Waals surface area contributed by atoms with Crippen molar-refractivity contribution < 1.29 is 14.6 Å². The number of nitrogens with one attached hydrogen (secondary N) is 1. The average Bonchev–Trinajstić information content (AvgIpc) is 2.48. The largest absolute Gasteiger partial charge is 0.508 e. The first-order chi connectivity index (χ1) is 9.76. The van der Waals surface area contributed by atoms with Crippen LogP contribution in [0.1, 0.15) is 11.1 Å². The van der Waals surface area contributed by atoms with E-state index in [4.69, 9.17) is 9.47 Å². The number of aromatic hydroxyl groups is 1. The van der Waals surface area contributed by atoms with E-state index in [1.165, 1.54) is 0 Å². The summed E-state index contributed by atoms with van der Waals surface area (Å²) in [5.41, 5.74) is 1.89. The van der Waals surface area contributed by atoms with Crippen LogP contribution in [0.15, 0.2) is 42.5 Å². The van der Waals surface area contributed by atoms with Crippen molar-refractivity contribution in [3.8, 4) is 17.2 Å². The van der Waals surface area contributed by atoms with E-state index in [0.29, 0.717) is 24.6 Å². The maximum Gasteiger partial charge on any atom is 0.165 e. The fourth-order valence-electron chi connectivity index (χ4n) is 2.09. The second-order valence-corrected chi connectivity index (χ2v) is 4.38. The van der Waals surface area contributed by atoms with Crippen LogP contribution in [-0.4, -0.2) is 19.3 Å². The van der Waals surface area contributed by atoms with Crippen LogP contribution in [0, 0.1) is 0 Å². The molecule has 4 heteroatoms. The van der Waals surface area contributed by atoms with Crippen LogP contribution in [0.25, 0.3) is 0 Å². The van der Waals surface area contributed by atoms with Gasteiger partial charge in [-0.1, -0.05) is 30.3 Å². The van der Waals surface area contributed by atoms with E-state index in [0.717, 1.165) is 16.9 Å². The Hall–Kier alpha value is -2.20. The molecule has 0 aromatic heterocycles. The number of rotatable bonds is 6. The van der Waals surface area contributed by atoms with Gasteiger partial charge in [-0.25, -0.2) is 0 Å². The first kappa shape index (κ1) is 14.2. The zero-order valence-corrected chi connectivity index (χ0v) is 11.7. The number of hydrogen-bond donors (Lipinski definition) is 2. The van der Waals surface area contributed by atoms with Gasteiger partial charge in [0, 0.05) is 24.2 Å². The molecule has 0 amide bonds. The van der Waals surface area contributed by atoms with Gasteiger partial charge < -0.3 is 19.9 Å². The topological polar surface area (TPSA) is 50.7 Å². The molecule has 0 saturated heterocycles. The molecule has 0 saturated carbocycles. The van der Waals surface area contributed by atoms with Gasteiger partial charge in [-0.05, 0) is 12.1 Å². The van der Waals surface area contributed by atoms with Gasteiger partial charge in [-0.3, -0.25) is 0 Å². The Morgan fingerprint density at radius 2 is 1.60 bits per heavy atom. The van der Waals surface area contributed by atoms with Crippen LogP contribution in [0.3, 0.4) is 0 Å². The molecule has 0 aliphatic rings. The van der Waals surface area contributed by atoms with E-state index in [1.54, 1.807) is 20.3 Å². The lowest BCUT2D eigenvalue weighted by Crippen LogP contribution is -2.13. The Labute approximate surface area is 119 Å². The standard InChI is InChI=1S/C16H19NO3/c1-19-15-9-5-7-13(16(15)20-2)11-17-10-12-6-3-4-8-14(12)18/h3-9,17-18H,10-11H2,1-2H3. The highest BCUT2D eigenvalue weighted by atomic mass is 16.5. The maximum absolute atomic E-state index is 9.71. The summed E-state index contributed by atoms with van der Waals surface area (Å²) < 4.78 is 10.6. The molecule has 0 aliphatic heterocycles. The normalized spacial score (nSPS) is 10.3. The predicted octanol–water partition coefficient (Wildman–Crippen LogP) is 2.70. The minimum Gasteiger partial charge on any atom is -0.508 e. The zero-order chi connectivity index (χ0) is 14.4. The first-order valence-corrected chi connectivity index (χ1v) is 6.43. The third-order valence-corrected chi connectivity index (χ3v) is 3.11. The molecular formula is C16H19NO3. The summed E-state index contributed by atoms with van der Waals surface area (Å²) in [6.07, 6.45) is 0. The van der Waals surface area contributed by atoms with Crippen molar-refractivity contribution >= 4 is 0 Å². The highest BCUT2D eigenvalue weighted by Crippen LogP contribution is 2.30. The van der Waals surface area contributed by atoms with Gasteiger partial charge in [0.25, 0.3) is 0 Å². The van der Waals surface area contributed by atoms with E-state index in [9.17, 15) is 5.11 Å². The summed E-state index contributed by atoms with van der Waals surface area (Å²) in [5.74, 6) is 1.76. The van der Waals surface area contributed by atoms with Gasteiger partial charge in [-0.2, -0.15) is 0 Å². The van der Waals surface area contributed by atoms with Crippen molar-refractivity contribution in [2.45, 2.75) is 13.1 Å². The molecule has 4 nitrogen and oxygen atoms in total. The van der Waals surface area contributed by atoms with Gasteiger partial charge in [0.05, 0.1) is 14.2 Å². The summed E-state index contributed by atoms with van der Waals surface area (Å²) in [5, 5.41) is 13.0. The van der Waals surface area contributed by atoms with Gasteiger partial charge >= 0.3 is 0 Å². The highest BCUT2D eigenvalue weighted by Gasteiger charge is 2.09. The van der Waals surface area contributed by atoms with Gasteiger partial charge in [0.1, 0.15) is 5.75 Å². The molecule has 0 heterocycles. The smallest absolute Gasteiger partial charge is 0.165 e. The highest BCUT2D eigenvalue weighted by molar-refractivity contribution is 5.46. The molecule has 0 fully saturated rings. The molecule has 0 aliphatic carbocycles. The van der Waals surface area contributed by atoms with Crippen molar-refractivity contribution in [2.75, 3.05) is 14.2 Å². The van der Waals surface area contributed by atoms with Gasteiger partial charge in [0.2, 0.25) is 0 Å². The predicted molar refractivity (Wildman–Crippen MR) is 78.2 cm³/mol. The number of benzene rings is 2. The van der Waals surface area contributed by atoms with Gasteiger partial charge in [0.15, 0.2) is 11.5 Å². The van der Waals surface area contributed by atoms with Crippen LogP contribution >= 0.6 is 0 Å². The second-order valence-electron chi connectivity index (χ2n) is 4.38. The molecule has 2 rings (SSSR count). The van der Waals surface area contributed by atoms with E-state index in [1.807, 2.05) is 36.4 Å². The van der Waals surface area contributed by atoms with E-state index in [-0.39, 0.29) is 0 Å². The lowest BCUT2D eigenvalue weighted by Gasteiger charge is -2.13. The van der Waals surface area contributed by atoms with Crippen molar-refractivity contribution in [1.82, 2.24) is 5.32 Å². The Kier molecular flexibility index (Phi) is 4.85. The van der Waals surface area contributed by atoms with Crippen molar-refractivity contribution in [3.05, 3.63) is 53.6 Å². The molecule has 0 unspecified atom stereocenters. The Balaban J connectivity index is 2.03. The molecule has 2 N–H and O–H groups in total. The SMILES string of the molecule is COc1cccc(CNCc2ccccc2O)c1OC. The van der Waals surface area contributed by atoms with Crippen LogP contribution in [0.2, 0.25) is 0 Å². The van der Waals surface area contributed by atoms with Crippen molar-refractivity contribution in [3.63, 3.8) is 0 Å². The van der Waals surface area contributed by atoms with Gasteiger partial charge in [-0.15, -0.1) is 0 Å². The fraction of sp³-hybridized carbons (Fsp3) is 0.250. The second kappa shape index (κ2) is 6.82. The Morgan fingerprint density at radius 3 is 2.30 bits per heavy atom.